The summed E-state index contributed by atoms with van der Waals surface area (Å²) in [4.78, 5) is 11.9. The van der Waals surface area contributed by atoms with Crippen molar-refractivity contribution >= 4 is 21.7 Å². The number of benzene rings is 1. The van der Waals surface area contributed by atoms with Crippen molar-refractivity contribution in [2.75, 3.05) is 0 Å². The number of fused-ring (bicyclic) bond motifs is 1. The van der Waals surface area contributed by atoms with Crippen LogP contribution in [-0.4, -0.2) is 5.78 Å². The van der Waals surface area contributed by atoms with Crippen LogP contribution in [0, 0.1) is 6.92 Å². The molecule has 2 rings (SSSR count). The molecule has 1 aromatic rings. The highest BCUT2D eigenvalue weighted by atomic mass is 79.9. The van der Waals surface area contributed by atoms with Gasteiger partial charge in [0.05, 0.1) is 0 Å². The van der Waals surface area contributed by atoms with E-state index in [1.165, 1.54) is 16.7 Å². The molecule has 0 aromatic heterocycles. The molecular weight excluding hydrogens is 252 g/mol. The first-order valence-electron chi connectivity index (χ1n) is 5.25. The van der Waals surface area contributed by atoms with Crippen LogP contribution in [0.1, 0.15) is 37.0 Å². The average molecular weight is 267 g/mol. The van der Waals surface area contributed by atoms with Gasteiger partial charge in [0.1, 0.15) is 5.78 Å². The van der Waals surface area contributed by atoms with Crippen LogP contribution in [0.15, 0.2) is 16.6 Å². The van der Waals surface area contributed by atoms with Crippen molar-refractivity contribution in [3.8, 4) is 0 Å². The number of hydrogen-bond acceptors (Lipinski definition) is 1. The average Bonchev–Trinajstić information content (AvgIpc) is 2.10. The normalized spacial score (nSPS) is 18.8. The quantitative estimate of drug-likeness (QED) is 0.702. The predicted molar refractivity (Wildman–Crippen MR) is 65.2 cm³/mol. The van der Waals surface area contributed by atoms with E-state index >= 15 is 0 Å². The molecule has 0 aliphatic heterocycles. The fraction of sp³-hybridized carbons (Fsp3) is 0.462. The summed E-state index contributed by atoms with van der Waals surface area (Å²) >= 11 is 3.51. The molecule has 0 radical (unpaired) electrons. The van der Waals surface area contributed by atoms with Crippen LogP contribution in [0.5, 0.6) is 0 Å². The number of aryl methyl sites for hydroxylation is 2. The molecule has 0 atom stereocenters. The maximum absolute atomic E-state index is 11.9. The molecule has 0 heterocycles. The van der Waals surface area contributed by atoms with Crippen molar-refractivity contribution in [3.05, 3.63) is 33.3 Å². The Kier molecular flexibility index (Phi) is 2.50. The third kappa shape index (κ3) is 1.65. The summed E-state index contributed by atoms with van der Waals surface area (Å²) in [7, 11) is 0. The molecule has 0 bridgehead atoms. The maximum Gasteiger partial charge on any atom is 0.143 e. The molecule has 1 aromatic carbocycles. The molecule has 80 valence electrons. The first kappa shape index (κ1) is 10.9. The van der Waals surface area contributed by atoms with Gasteiger partial charge in [-0.25, -0.2) is 0 Å². The Morgan fingerprint density at radius 2 is 1.93 bits per heavy atom. The van der Waals surface area contributed by atoms with E-state index in [-0.39, 0.29) is 5.41 Å². The van der Waals surface area contributed by atoms with Crippen LogP contribution in [0.2, 0.25) is 0 Å². The lowest BCUT2D eigenvalue weighted by atomic mass is 9.70. The van der Waals surface area contributed by atoms with Gasteiger partial charge in [0.25, 0.3) is 0 Å². The fourth-order valence-corrected chi connectivity index (χ4v) is 3.22. The standard InChI is InChI=1S/C13H15BrO/c1-8-6-10(14)7-9-4-5-11(15)13(2,3)12(8)9/h6-7H,4-5H2,1-3H3. The van der Waals surface area contributed by atoms with Gasteiger partial charge < -0.3 is 0 Å². The largest absolute Gasteiger partial charge is 0.299 e. The highest BCUT2D eigenvalue weighted by Gasteiger charge is 2.36. The van der Waals surface area contributed by atoms with Gasteiger partial charge in [-0.3, -0.25) is 4.79 Å². The Morgan fingerprint density at radius 3 is 2.60 bits per heavy atom. The molecule has 1 nitrogen and oxygen atoms in total. The monoisotopic (exact) mass is 266 g/mol. The van der Waals surface area contributed by atoms with Gasteiger partial charge in [0, 0.05) is 16.3 Å². The summed E-state index contributed by atoms with van der Waals surface area (Å²) in [6.07, 6.45) is 1.56. The summed E-state index contributed by atoms with van der Waals surface area (Å²) in [5, 5.41) is 0. The second kappa shape index (κ2) is 3.44. The summed E-state index contributed by atoms with van der Waals surface area (Å²) in [5.74, 6) is 0.362. The lowest BCUT2D eigenvalue weighted by molar-refractivity contribution is -0.124. The lowest BCUT2D eigenvalue weighted by Crippen LogP contribution is -2.35. The number of carbonyl (C=O) groups is 1. The third-order valence-corrected chi connectivity index (χ3v) is 3.78. The minimum Gasteiger partial charge on any atom is -0.299 e. The van der Waals surface area contributed by atoms with Crippen LogP contribution < -0.4 is 0 Å². The van der Waals surface area contributed by atoms with Crippen molar-refractivity contribution in [2.24, 2.45) is 0 Å². The van der Waals surface area contributed by atoms with Gasteiger partial charge in [0.15, 0.2) is 0 Å². The highest BCUT2D eigenvalue weighted by Crippen LogP contribution is 2.37. The van der Waals surface area contributed by atoms with Crippen molar-refractivity contribution in [2.45, 2.75) is 39.0 Å². The summed E-state index contributed by atoms with van der Waals surface area (Å²) in [5.41, 5.74) is 3.48. The summed E-state index contributed by atoms with van der Waals surface area (Å²) in [6, 6.07) is 4.25. The second-order valence-corrected chi connectivity index (χ2v) is 5.72. The number of halogens is 1. The number of carbonyl (C=O) groups excluding carboxylic acids is 1. The Labute approximate surface area is 99.0 Å². The zero-order valence-electron chi connectivity index (χ0n) is 9.36. The number of rotatable bonds is 0. The first-order valence-corrected chi connectivity index (χ1v) is 6.05. The fourth-order valence-electron chi connectivity index (χ4n) is 2.60. The molecule has 0 amide bonds. The van der Waals surface area contributed by atoms with Crippen LogP contribution >= 0.6 is 15.9 Å². The van der Waals surface area contributed by atoms with Gasteiger partial charge in [-0.15, -0.1) is 0 Å². The minimum absolute atomic E-state index is 0.307. The molecule has 0 saturated heterocycles. The van der Waals surface area contributed by atoms with Gasteiger partial charge in [-0.05, 0) is 56.0 Å². The van der Waals surface area contributed by atoms with Crippen LogP contribution in [-0.2, 0) is 16.6 Å². The van der Waals surface area contributed by atoms with Crippen molar-refractivity contribution < 1.29 is 4.79 Å². The Bertz CT molecular complexity index is 432. The zero-order chi connectivity index (χ0) is 11.2. The van der Waals surface area contributed by atoms with Gasteiger partial charge in [-0.2, -0.15) is 0 Å². The lowest BCUT2D eigenvalue weighted by Gasteiger charge is -2.32. The first-order chi connectivity index (χ1) is 6.93. The van der Waals surface area contributed by atoms with E-state index < -0.39 is 0 Å². The molecule has 15 heavy (non-hydrogen) atoms. The molecule has 0 N–H and O–H groups in total. The van der Waals surface area contributed by atoms with Crippen LogP contribution in [0.25, 0.3) is 0 Å². The van der Waals surface area contributed by atoms with Gasteiger partial charge >= 0.3 is 0 Å². The third-order valence-electron chi connectivity index (χ3n) is 3.33. The van der Waals surface area contributed by atoms with Crippen LogP contribution in [0.4, 0.5) is 0 Å². The highest BCUT2D eigenvalue weighted by molar-refractivity contribution is 9.10. The van der Waals surface area contributed by atoms with Crippen molar-refractivity contribution in [3.63, 3.8) is 0 Å². The minimum atomic E-state index is -0.307. The number of Topliss-reactive ketones (excluding diaryl/α,β-unsaturated/α-hetero) is 1. The SMILES string of the molecule is Cc1cc(Br)cc2c1C(C)(C)C(=O)CC2. The maximum atomic E-state index is 11.9. The molecule has 0 saturated carbocycles. The number of hydrogen-bond donors (Lipinski definition) is 0. The van der Waals surface area contributed by atoms with E-state index in [1.807, 2.05) is 13.8 Å². The molecule has 1 aliphatic rings. The van der Waals surface area contributed by atoms with E-state index in [0.29, 0.717) is 12.2 Å². The topological polar surface area (TPSA) is 17.1 Å². The van der Waals surface area contributed by atoms with Crippen molar-refractivity contribution in [1.82, 2.24) is 0 Å². The second-order valence-electron chi connectivity index (χ2n) is 4.80. The number of ketones is 1. The van der Waals surface area contributed by atoms with E-state index in [0.717, 1.165) is 10.9 Å². The molecule has 1 aliphatic carbocycles. The van der Waals surface area contributed by atoms with E-state index in [9.17, 15) is 4.79 Å². The zero-order valence-corrected chi connectivity index (χ0v) is 10.9. The molecule has 0 fully saturated rings. The molecular formula is C13H15BrO. The van der Waals surface area contributed by atoms with Crippen molar-refractivity contribution in [1.29, 1.82) is 0 Å². The van der Waals surface area contributed by atoms with Gasteiger partial charge in [0.2, 0.25) is 0 Å². The predicted octanol–water partition coefficient (Wildman–Crippen LogP) is 3.55. The van der Waals surface area contributed by atoms with E-state index in [1.54, 1.807) is 0 Å². The summed E-state index contributed by atoms with van der Waals surface area (Å²) < 4.78 is 1.11. The smallest absolute Gasteiger partial charge is 0.143 e. The van der Waals surface area contributed by atoms with E-state index in [4.69, 9.17) is 0 Å². The molecule has 0 spiro atoms. The Hall–Kier alpha value is -0.630. The molecule has 0 unspecified atom stereocenters. The van der Waals surface area contributed by atoms with E-state index in [2.05, 4.69) is 35.0 Å². The van der Waals surface area contributed by atoms with Crippen LogP contribution in [0.3, 0.4) is 0 Å². The molecule has 2 heteroatoms. The van der Waals surface area contributed by atoms with Gasteiger partial charge in [-0.1, -0.05) is 15.9 Å². The summed E-state index contributed by atoms with van der Waals surface area (Å²) in [6.45, 7) is 6.16. The Balaban J connectivity index is 2.69. The Morgan fingerprint density at radius 1 is 1.27 bits per heavy atom.